The van der Waals surface area contributed by atoms with E-state index in [1.807, 2.05) is 18.2 Å². The van der Waals surface area contributed by atoms with Crippen LogP contribution in [0.3, 0.4) is 0 Å². The molecule has 0 aliphatic carbocycles. The number of halogens is 3. The molecule has 1 saturated heterocycles. The van der Waals surface area contributed by atoms with Crippen LogP contribution in [0, 0.1) is 0 Å². The van der Waals surface area contributed by atoms with Gasteiger partial charge in [0, 0.05) is 31.2 Å². The molecule has 1 aromatic carbocycles. The van der Waals surface area contributed by atoms with Gasteiger partial charge in [0.1, 0.15) is 16.8 Å². The molecule has 0 radical (unpaired) electrons. The van der Waals surface area contributed by atoms with Gasteiger partial charge in [-0.3, -0.25) is 0 Å². The molecular weight excluding hydrogens is 403 g/mol. The predicted molar refractivity (Wildman–Crippen MR) is 104 cm³/mol. The minimum atomic E-state index is -4.52. The lowest BCUT2D eigenvalue weighted by Gasteiger charge is -2.28. The van der Waals surface area contributed by atoms with Crippen molar-refractivity contribution in [2.75, 3.05) is 32.1 Å². The third kappa shape index (κ3) is 4.72. The summed E-state index contributed by atoms with van der Waals surface area (Å²) in [5.41, 5.74) is 0.496. The normalized spacial score (nSPS) is 18.0. The molecule has 4 rings (SSSR count). The van der Waals surface area contributed by atoms with E-state index in [1.165, 1.54) is 0 Å². The number of likely N-dealkylation sites (N-methyl/N-ethyl adjacent to an activating group) is 1. The quantitative estimate of drug-likeness (QED) is 0.675. The number of ether oxygens (including phenoxy) is 1. The summed E-state index contributed by atoms with van der Waals surface area (Å²) in [5, 5.41) is 3.74. The van der Waals surface area contributed by atoms with E-state index in [-0.39, 0.29) is 12.1 Å². The molecule has 29 heavy (non-hydrogen) atoms. The van der Waals surface area contributed by atoms with Crippen molar-refractivity contribution in [2.24, 2.45) is 0 Å². The fraction of sp³-hybridized carbons (Fsp3) is 0.316. The first-order chi connectivity index (χ1) is 13.9. The second kappa shape index (κ2) is 8.05. The number of hydrogen-bond donors (Lipinski definition) is 1. The Morgan fingerprint density at radius 1 is 1.24 bits per heavy atom. The number of aromatic nitrogens is 3. The van der Waals surface area contributed by atoms with Gasteiger partial charge in [-0.25, -0.2) is 15.0 Å². The molecule has 6 nitrogen and oxygen atoms in total. The van der Waals surface area contributed by atoms with E-state index < -0.39 is 11.9 Å². The Labute approximate surface area is 169 Å². The van der Waals surface area contributed by atoms with Crippen molar-refractivity contribution in [3.8, 4) is 10.4 Å². The summed E-state index contributed by atoms with van der Waals surface area (Å²) in [5.74, 6) is -0.111. The molecule has 0 amide bonds. The summed E-state index contributed by atoms with van der Waals surface area (Å²) >= 11 is 1.54. The molecule has 0 bridgehead atoms. The summed E-state index contributed by atoms with van der Waals surface area (Å²) < 4.78 is 44.3. The van der Waals surface area contributed by atoms with Crippen molar-refractivity contribution >= 4 is 23.0 Å². The Balaban J connectivity index is 1.52. The number of nitrogens with one attached hydrogen (secondary N) is 1. The topological polar surface area (TPSA) is 63.2 Å². The molecule has 0 saturated carbocycles. The number of anilines is 2. The third-order valence-corrected chi connectivity index (χ3v) is 5.56. The van der Waals surface area contributed by atoms with Crippen LogP contribution in [0.4, 0.5) is 24.8 Å². The van der Waals surface area contributed by atoms with Crippen molar-refractivity contribution in [3.05, 3.63) is 53.4 Å². The van der Waals surface area contributed by atoms with E-state index in [9.17, 15) is 13.2 Å². The van der Waals surface area contributed by atoms with Crippen molar-refractivity contribution in [1.82, 2.24) is 19.9 Å². The lowest BCUT2D eigenvalue weighted by molar-refractivity contribution is -0.141. The maximum Gasteiger partial charge on any atom is 0.433 e. The van der Waals surface area contributed by atoms with Gasteiger partial charge in [-0.1, -0.05) is 12.1 Å². The first kappa shape index (κ1) is 19.7. The average molecular weight is 421 g/mol. The molecule has 1 N–H and O–H groups in total. The van der Waals surface area contributed by atoms with Crippen LogP contribution < -0.4 is 5.32 Å². The molecule has 1 atom stereocenters. The van der Waals surface area contributed by atoms with E-state index in [4.69, 9.17) is 4.74 Å². The molecule has 10 heteroatoms. The summed E-state index contributed by atoms with van der Waals surface area (Å²) in [6.45, 7) is 2.37. The highest BCUT2D eigenvalue weighted by molar-refractivity contribution is 7.15. The fourth-order valence-electron chi connectivity index (χ4n) is 2.95. The highest BCUT2D eigenvalue weighted by Crippen LogP contribution is 2.33. The standard InChI is InChI=1S/C19H18F3N5OS/c1-27-7-8-28-14(11-27)17-24-10-15(29-17)12-3-2-4-13(9-12)25-18-23-6-5-16(26-18)19(20,21)22/h2-6,9-10,14H,7-8,11H2,1H3,(H,23,25,26). The number of alkyl halides is 3. The Morgan fingerprint density at radius 3 is 2.90 bits per heavy atom. The lowest BCUT2D eigenvalue weighted by Crippen LogP contribution is -2.35. The molecule has 1 fully saturated rings. The van der Waals surface area contributed by atoms with Crippen LogP contribution >= 0.6 is 11.3 Å². The molecule has 3 heterocycles. The van der Waals surface area contributed by atoms with Crippen molar-refractivity contribution < 1.29 is 17.9 Å². The third-order valence-electron chi connectivity index (χ3n) is 4.42. The first-order valence-electron chi connectivity index (χ1n) is 8.92. The summed E-state index contributed by atoms with van der Waals surface area (Å²) in [4.78, 5) is 15.1. The van der Waals surface area contributed by atoms with E-state index in [1.54, 1.807) is 23.6 Å². The van der Waals surface area contributed by atoms with Gasteiger partial charge in [0.05, 0.1) is 11.5 Å². The second-order valence-electron chi connectivity index (χ2n) is 6.65. The molecule has 1 unspecified atom stereocenters. The van der Waals surface area contributed by atoms with Gasteiger partial charge in [-0.15, -0.1) is 11.3 Å². The van der Waals surface area contributed by atoms with Crippen LogP contribution in [0.15, 0.2) is 42.7 Å². The summed E-state index contributed by atoms with van der Waals surface area (Å²) in [6.07, 6.45) is -1.70. The van der Waals surface area contributed by atoms with Gasteiger partial charge in [0.2, 0.25) is 5.95 Å². The molecule has 0 spiro atoms. The highest BCUT2D eigenvalue weighted by atomic mass is 32.1. The van der Waals surface area contributed by atoms with Gasteiger partial charge < -0.3 is 15.0 Å². The Bertz CT molecular complexity index is 994. The number of hydrogen-bond acceptors (Lipinski definition) is 7. The van der Waals surface area contributed by atoms with Crippen molar-refractivity contribution in [3.63, 3.8) is 0 Å². The molecule has 152 valence electrons. The van der Waals surface area contributed by atoms with Crippen LogP contribution in [0.5, 0.6) is 0 Å². The fourth-order valence-corrected chi connectivity index (χ4v) is 3.91. The molecule has 2 aromatic heterocycles. The SMILES string of the molecule is CN1CCOC(c2ncc(-c3cccc(Nc4nccc(C(F)(F)F)n4)c3)s2)C1. The Morgan fingerprint density at radius 2 is 2.10 bits per heavy atom. The number of nitrogens with zero attached hydrogens (tertiary/aromatic N) is 4. The maximum atomic E-state index is 12.8. The van der Waals surface area contributed by atoms with Gasteiger partial charge in [0.15, 0.2) is 0 Å². The molecular formula is C19H18F3N5OS. The van der Waals surface area contributed by atoms with E-state index in [2.05, 4.69) is 32.2 Å². The zero-order chi connectivity index (χ0) is 20.4. The van der Waals surface area contributed by atoms with Crippen molar-refractivity contribution in [2.45, 2.75) is 12.3 Å². The number of benzene rings is 1. The average Bonchev–Trinajstić information content (AvgIpc) is 3.18. The zero-order valence-electron chi connectivity index (χ0n) is 15.5. The molecule has 1 aliphatic heterocycles. The minimum absolute atomic E-state index is 0.0488. The van der Waals surface area contributed by atoms with Gasteiger partial charge in [0.25, 0.3) is 0 Å². The van der Waals surface area contributed by atoms with E-state index in [0.29, 0.717) is 12.3 Å². The van der Waals surface area contributed by atoms with Crippen molar-refractivity contribution in [1.29, 1.82) is 0 Å². The Hall–Kier alpha value is -2.56. The lowest BCUT2D eigenvalue weighted by atomic mass is 10.2. The second-order valence-corrected chi connectivity index (χ2v) is 7.72. The highest BCUT2D eigenvalue weighted by Gasteiger charge is 2.32. The summed E-state index contributed by atoms with van der Waals surface area (Å²) in [7, 11) is 2.05. The number of thiazole rings is 1. The van der Waals surface area contributed by atoms with Gasteiger partial charge >= 0.3 is 6.18 Å². The molecule has 1 aliphatic rings. The van der Waals surface area contributed by atoms with Crippen LogP contribution in [0.1, 0.15) is 16.8 Å². The zero-order valence-corrected chi connectivity index (χ0v) is 16.3. The van der Waals surface area contributed by atoms with E-state index in [0.717, 1.165) is 40.8 Å². The monoisotopic (exact) mass is 421 g/mol. The first-order valence-corrected chi connectivity index (χ1v) is 9.74. The number of morpholine rings is 1. The smallest absolute Gasteiger partial charge is 0.368 e. The molecule has 3 aromatic rings. The largest absolute Gasteiger partial charge is 0.433 e. The maximum absolute atomic E-state index is 12.8. The van der Waals surface area contributed by atoms with Gasteiger partial charge in [-0.2, -0.15) is 13.2 Å². The summed E-state index contributed by atoms with van der Waals surface area (Å²) in [6, 6.07) is 8.15. The predicted octanol–water partition coefficient (Wildman–Crippen LogP) is 4.37. The number of rotatable bonds is 4. The van der Waals surface area contributed by atoms with Crippen LogP contribution in [0.2, 0.25) is 0 Å². The Kier molecular flexibility index (Phi) is 5.48. The van der Waals surface area contributed by atoms with Crippen LogP contribution in [-0.2, 0) is 10.9 Å². The van der Waals surface area contributed by atoms with Crippen LogP contribution in [-0.4, -0.2) is 46.6 Å². The van der Waals surface area contributed by atoms with E-state index >= 15 is 0 Å². The minimum Gasteiger partial charge on any atom is -0.368 e. The van der Waals surface area contributed by atoms with Crippen LogP contribution in [0.25, 0.3) is 10.4 Å². The van der Waals surface area contributed by atoms with Gasteiger partial charge in [-0.05, 0) is 30.8 Å².